The minimum Gasteiger partial charge on any atom is -0.381 e. The number of hydrogen-bond donors (Lipinski definition) is 1. The topological polar surface area (TPSA) is 21.3 Å². The quantitative estimate of drug-likeness (QED) is 0.854. The second-order valence-electron chi connectivity index (χ2n) is 5.37. The molecule has 3 rings (SSSR count). The lowest BCUT2D eigenvalue weighted by atomic mass is 9.90. The number of nitrogens with one attached hydrogen (secondary N) is 1. The lowest BCUT2D eigenvalue weighted by Gasteiger charge is -2.38. The molecule has 0 amide bonds. The molecule has 0 saturated carbocycles. The van der Waals surface area contributed by atoms with E-state index < -0.39 is 0 Å². The van der Waals surface area contributed by atoms with E-state index in [4.69, 9.17) is 4.74 Å². The normalized spacial score (nSPS) is 30.7. The average Bonchev–Trinajstić information content (AvgIpc) is 2.87. The van der Waals surface area contributed by atoms with E-state index in [1.165, 1.54) is 28.5 Å². The molecule has 2 aliphatic heterocycles. The van der Waals surface area contributed by atoms with Crippen molar-refractivity contribution in [1.82, 2.24) is 0 Å². The van der Waals surface area contributed by atoms with Gasteiger partial charge in [0.2, 0.25) is 0 Å². The summed E-state index contributed by atoms with van der Waals surface area (Å²) < 4.78 is 6.08. The third kappa shape index (κ3) is 3.06. The van der Waals surface area contributed by atoms with Crippen molar-refractivity contribution in [1.29, 1.82) is 0 Å². The van der Waals surface area contributed by atoms with Crippen molar-refractivity contribution in [2.45, 2.75) is 35.8 Å². The van der Waals surface area contributed by atoms with Crippen molar-refractivity contribution in [3.63, 3.8) is 0 Å². The van der Waals surface area contributed by atoms with Gasteiger partial charge in [-0.2, -0.15) is 11.8 Å². The SMILES string of the molecule is CSc1ccccc1NC1CCOC2(CCSC2)C1. The van der Waals surface area contributed by atoms with Crippen LogP contribution >= 0.6 is 23.5 Å². The molecule has 2 nitrogen and oxygen atoms in total. The summed E-state index contributed by atoms with van der Waals surface area (Å²) in [7, 11) is 0. The van der Waals surface area contributed by atoms with Crippen molar-refractivity contribution in [3.8, 4) is 0 Å². The Kier molecular flexibility index (Phi) is 4.30. The Morgan fingerprint density at radius 2 is 2.32 bits per heavy atom. The molecule has 1 spiro atoms. The van der Waals surface area contributed by atoms with Crippen LogP contribution < -0.4 is 5.32 Å². The first-order chi connectivity index (χ1) is 9.31. The van der Waals surface area contributed by atoms with Crippen molar-refractivity contribution < 1.29 is 4.74 Å². The van der Waals surface area contributed by atoms with Crippen LogP contribution in [0, 0.1) is 0 Å². The predicted molar refractivity (Wildman–Crippen MR) is 85.5 cm³/mol. The van der Waals surface area contributed by atoms with Gasteiger partial charge in [-0.15, -0.1) is 11.8 Å². The number of rotatable bonds is 3. The van der Waals surface area contributed by atoms with E-state index in [9.17, 15) is 0 Å². The first-order valence-electron chi connectivity index (χ1n) is 6.93. The first kappa shape index (κ1) is 13.7. The monoisotopic (exact) mass is 295 g/mol. The summed E-state index contributed by atoms with van der Waals surface area (Å²) in [5.74, 6) is 2.43. The van der Waals surface area contributed by atoms with Crippen LogP contribution in [0.15, 0.2) is 29.2 Å². The van der Waals surface area contributed by atoms with Crippen LogP contribution in [0.1, 0.15) is 19.3 Å². The maximum atomic E-state index is 6.08. The lowest BCUT2D eigenvalue weighted by molar-refractivity contribution is -0.0628. The molecule has 2 aliphatic rings. The molecule has 2 fully saturated rings. The molecular weight excluding hydrogens is 274 g/mol. The number of para-hydroxylation sites is 1. The van der Waals surface area contributed by atoms with Crippen LogP contribution in [0.25, 0.3) is 0 Å². The van der Waals surface area contributed by atoms with Crippen LogP contribution in [0.2, 0.25) is 0 Å². The second kappa shape index (κ2) is 5.98. The minimum atomic E-state index is 0.162. The fraction of sp³-hybridized carbons (Fsp3) is 0.600. The van der Waals surface area contributed by atoms with E-state index >= 15 is 0 Å². The summed E-state index contributed by atoms with van der Waals surface area (Å²) >= 11 is 3.85. The number of benzene rings is 1. The summed E-state index contributed by atoms with van der Waals surface area (Å²) in [5.41, 5.74) is 1.44. The van der Waals surface area contributed by atoms with Gasteiger partial charge in [0.05, 0.1) is 5.60 Å². The number of anilines is 1. The lowest BCUT2D eigenvalue weighted by Crippen LogP contribution is -2.44. The maximum absolute atomic E-state index is 6.08. The predicted octanol–water partition coefficient (Wildman–Crippen LogP) is 3.88. The number of hydrogen-bond acceptors (Lipinski definition) is 4. The van der Waals surface area contributed by atoms with Crippen molar-refractivity contribution in [3.05, 3.63) is 24.3 Å². The third-order valence-electron chi connectivity index (χ3n) is 4.03. The van der Waals surface area contributed by atoms with Gasteiger partial charge < -0.3 is 10.1 Å². The largest absolute Gasteiger partial charge is 0.381 e. The Bertz CT molecular complexity index is 432. The van der Waals surface area contributed by atoms with E-state index in [1.54, 1.807) is 0 Å². The molecule has 1 aromatic rings. The molecule has 2 saturated heterocycles. The van der Waals surface area contributed by atoms with Crippen LogP contribution in [-0.2, 0) is 4.74 Å². The highest BCUT2D eigenvalue weighted by molar-refractivity contribution is 7.99. The van der Waals surface area contributed by atoms with Crippen LogP contribution in [0.5, 0.6) is 0 Å². The molecule has 2 heterocycles. The van der Waals surface area contributed by atoms with Gasteiger partial charge in [-0.25, -0.2) is 0 Å². The summed E-state index contributed by atoms with van der Waals surface area (Å²) in [4.78, 5) is 1.34. The summed E-state index contributed by atoms with van der Waals surface area (Å²) in [5, 5.41) is 3.74. The van der Waals surface area contributed by atoms with Crippen molar-refractivity contribution in [2.24, 2.45) is 0 Å². The second-order valence-corrected chi connectivity index (χ2v) is 7.32. The van der Waals surface area contributed by atoms with Gasteiger partial charge in [0.1, 0.15) is 0 Å². The van der Waals surface area contributed by atoms with Crippen molar-refractivity contribution in [2.75, 3.05) is 29.7 Å². The Labute approximate surface area is 124 Å². The standard InChI is InChI=1S/C15H21NOS2/c1-18-14-5-3-2-4-13(14)16-12-6-8-17-15(10-12)7-9-19-11-15/h2-5,12,16H,6-11H2,1H3. The highest BCUT2D eigenvalue weighted by atomic mass is 32.2. The molecular formula is C15H21NOS2. The molecule has 1 aromatic carbocycles. The van der Waals surface area contributed by atoms with Gasteiger partial charge in [0.25, 0.3) is 0 Å². The van der Waals surface area contributed by atoms with Gasteiger partial charge in [0, 0.05) is 29.0 Å². The van der Waals surface area contributed by atoms with Gasteiger partial charge >= 0.3 is 0 Å². The smallest absolute Gasteiger partial charge is 0.0799 e. The molecule has 0 aromatic heterocycles. The molecule has 0 radical (unpaired) electrons. The molecule has 4 heteroatoms. The molecule has 2 atom stereocenters. The minimum absolute atomic E-state index is 0.162. The summed E-state index contributed by atoms with van der Waals surface area (Å²) in [6.07, 6.45) is 5.64. The molecule has 0 aliphatic carbocycles. The summed E-state index contributed by atoms with van der Waals surface area (Å²) in [6, 6.07) is 9.16. The Morgan fingerprint density at radius 3 is 3.11 bits per heavy atom. The number of ether oxygens (including phenoxy) is 1. The van der Waals surface area contributed by atoms with Gasteiger partial charge in [-0.3, -0.25) is 0 Å². The Hall–Kier alpha value is -0.320. The third-order valence-corrected chi connectivity index (χ3v) is 6.05. The van der Waals surface area contributed by atoms with E-state index in [0.29, 0.717) is 6.04 Å². The maximum Gasteiger partial charge on any atom is 0.0799 e. The fourth-order valence-electron chi connectivity index (χ4n) is 3.00. The molecule has 2 unspecified atom stereocenters. The first-order valence-corrected chi connectivity index (χ1v) is 9.31. The van der Waals surface area contributed by atoms with E-state index in [2.05, 4.69) is 35.8 Å². The Morgan fingerprint density at radius 1 is 1.42 bits per heavy atom. The molecule has 19 heavy (non-hydrogen) atoms. The van der Waals surface area contributed by atoms with Gasteiger partial charge in [-0.05, 0) is 43.4 Å². The molecule has 1 N–H and O–H groups in total. The van der Waals surface area contributed by atoms with E-state index in [0.717, 1.165) is 19.4 Å². The zero-order valence-corrected chi connectivity index (χ0v) is 13.0. The number of thioether (sulfide) groups is 2. The van der Waals surface area contributed by atoms with Crippen LogP contribution in [-0.4, -0.2) is 36.0 Å². The van der Waals surface area contributed by atoms with Gasteiger partial charge in [-0.1, -0.05) is 12.1 Å². The van der Waals surface area contributed by atoms with E-state index in [-0.39, 0.29) is 5.60 Å². The van der Waals surface area contributed by atoms with E-state index in [1.807, 2.05) is 23.5 Å². The zero-order valence-electron chi connectivity index (χ0n) is 11.4. The van der Waals surface area contributed by atoms with Gasteiger partial charge in [0.15, 0.2) is 0 Å². The highest BCUT2D eigenvalue weighted by Gasteiger charge is 2.40. The van der Waals surface area contributed by atoms with Crippen LogP contribution in [0.4, 0.5) is 5.69 Å². The highest BCUT2D eigenvalue weighted by Crippen LogP contribution is 2.39. The summed E-state index contributed by atoms with van der Waals surface area (Å²) in [6.45, 7) is 0.902. The van der Waals surface area contributed by atoms with Crippen molar-refractivity contribution >= 4 is 29.2 Å². The fourth-order valence-corrected chi connectivity index (χ4v) is 4.94. The Balaban J connectivity index is 1.69. The molecule has 104 valence electrons. The molecule has 0 bridgehead atoms. The zero-order chi connectivity index (χ0) is 13.1. The van der Waals surface area contributed by atoms with Crippen LogP contribution in [0.3, 0.4) is 0 Å². The average molecular weight is 295 g/mol.